The minimum atomic E-state index is -0.812. The van der Waals surface area contributed by atoms with E-state index in [4.69, 9.17) is 16.3 Å². The molecule has 7 nitrogen and oxygen atoms in total. The minimum absolute atomic E-state index is 0.205. The van der Waals surface area contributed by atoms with Crippen molar-refractivity contribution in [3.63, 3.8) is 0 Å². The molecule has 0 spiro atoms. The maximum absolute atomic E-state index is 13.9. The smallest absolute Gasteiger partial charge is 0.360 e. The fraction of sp³-hybridized carbons (Fsp3) is 0.0714. The van der Waals surface area contributed by atoms with Crippen LogP contribution in [0.2, 0.25) is 5.02 Å². The van der Waals surface area contributed by atoms with Crippen molar-refractivity contribution < 1.29 is 14.6 Å². The molecule has 2 aromatic carbocycles. The number of carbonyl (C=O) groups is 1. The number of nitrogens with zero attached hydrogens (tertiary/aromatic N) is 3. The van der Waals surface area contributed by atoms with Gasteiger partial charge in [-0.3, -0.25) is 9.78 Å². The highest BCUT2D eigenvalue weighted by Crippen LogP contribution is 2.37. The fourth-order valence-electron chi connectivity index (χ4n) is 4.17. The Morgan fingerprint density at radius 2 is 1.69 bits per heavy atom. The summed E-state index contributed by atoms with van der Waals surface area (Å²) in [5.41, 5.74) is 2.46. The number of methoxy groups -OCH3 is 1. The number of hydrogen-bond donors (Lipinski definition) is 1. The van der Waals surface area contributed by atoms with Gasteiger partial charge in [0.25, 0.3) is 5.56 Å². The maximum atomic E-state index is 13.9. The van der Waals surface area contributed by atoms with Crippen molar-refractivity contribution in [1.29, 1.82) is 0 Å². The third kappa shape index (κ3) is 4.21. The Morgan fingerprint density at radius 1 is 1.00 bits per heavy atom. The molecule has 8 heteroatoms. The number of rotatable bonds is 5. The third-order valence-corrected chi connectivity index (χ3v) is 6.05. The van der Waals surface area contributed by atoms with Crippen LogP contribution in [0.4, 0.5) is 0 Å². The second kappa shape index (κ2) is 9.64. The maximum Gasteiger partial charge on any atom is 0.360 e. The van der Waals surface area contributed by atoms with Gasteiger partial charge in [-0.25, -0.2) is 9.78 Å². The van der Waals surface area contributed by atoms with Gasteiger partial charge < -0.3 is 14.4 Å². The number of esters is 1. The SMILES string of the molecule is COC(=O)c1nc(-c2cncc(Cl)c2)c2c(cc(-c3ccccc3)c(=O)n2Cc2ccccc2)c1O. The topological polar surface area (TPSA) is 94.3 Å². The molecule has 0 aliphatic rings. The van der Waals surface area contributed by atoms with Gasteiger partial charge in [0.2, 0.25) is 0 Å². The molecule has 36 heavy (non-hydrogen) atoms. The van der Waals surface area contributed by atoms with Gasteiger partial charge in [-0.05, 0) is 23.3 Å². The normalized spacial score (nSPS) is 10.9. The molecular formula is C28H20ClN3O4. The van der Waals surface area contributed by atoms with Crippen LogP contribution in [0.15, 0.2) is 90.0 Å². The molecule has 0 saturated heterocycles. The van der Waals surface area contributed by atoms with E-state index in [2.05, 4.69) is 9.97 Å². The lowest BCUT2D eigenvalue weighted by Gasteiger charge is -2.18. The summed E-state index contributed by atoms with van der Waals surface area (Å²) in [6.07, 6.45) is 3.01. The molecule has 5 aromatic rings. The van der Waals surface area contributed by atoms with E-state index in [9.17, 15) is 14.7 Å². The molecule has 0 saturated carbocycles. The van der Waals surface area contributed by atoms with Crippen LogP contribution in [0.25, 0.3) is 33.3 Å². The first-order chi connectivity index (χ1) is 17.5. The van der Waals surface area contributed by atoms with Crippen molar-refractivity contribution in [3.05, 3.63) is 112 Å². The number of halogens is 1. The average Bonchev–Trinajstić information content (AvgIpc) is 2.91. The lowest BCUT2D eigenvalue weighted by Crippen LogP contribution is -2.24. The Balaban J connectivity index is 1.95. The minimum Gasteiger partial charge on any atom is -0.505 e. The van der Waals surface area contributed by atoms with Gasteiger partial charge in [0.05, 0.1) is 29.9 Å². The highest BCUT2D eigenvalue weighted by atomic mass is 35.5. The average molecular weight is 498 g/mol. The van der Waals surface area contributed by atoms with Crippen molar-refractivity contribution in [3.8, 4) is 28.1 Å². The summed E-state index contributed by atoms with van der Waals surface area (Å²) in [6, 6.07) is 21.8. The van der Waals surface area contributed by atoms with Crippen LogP contribution in [0, 0.1) is 0 Å². The highest BCUT2D eigenvalue weighted by Gasteiger charge is 2.25. The molecule has 1 N–H and O–H groups in total. The van der Waals surface area contributed by atoms with Crippen LogP contribution >= 0.6 is 11.6 Å². The Hall–Kier alpha value is -4.49. The van der Waals surface area contributed by atoms with Crippen LogP contribution in [0.5, 0.6) is 5.75 Å². The standard InChI is InChI=1S/C28H20ClN3O4/c1-36-28(35)24-26(33)22-13-21(18-10-6-3-7-11-18)27(34)32(16-17-8-4-2-5-9-17)25(22)23(31-24)19-12-20(29)15-30-14-19/h2-15,33H,16H2,1H3. The first-order valence-electron chi connectivity index (χ1n) is 11.1. The largest absolute Gasteiger partial charge is 0.505 e. The van der Waals surface area contributed by atoms with Crippen LogP contribution in [0.1, 0.15) is 16.1 Å². The summed E-state index contributed by atoms with van der Waals surface area (Å²) in [5, 5.41) is 11.8. The van der Waals surface area contributed by atoms with E-state index in [0.717, 1.165) is 5.56 Å². The summed E-state index contributed by atoms with van der Waals surface area (Å²) in [7, 11) is 1.21. The molecule has 3 aromatic heterocycles. The number of pyridine rings is 3. The van der Waals surface area contributed by atoms with Crippen LogP contribution < -0.4 is 5.56 Å². The Kier molecular flexibility index (Phi) is 6.23. The monoisotopic (exact) mass is 497 g/mol. The van der Waals surface area contributed by atoms with Crippen molar-refractivity contribution in [2.75, 3.05) is 7.11 Å². The number of ether oxygens (including phenoxy) is 1. The highest BCUT2D eigenvalue weighted by molar-refractivity contribution is 6.30. The van der Waals surface area contributed by atoms with Gasteiger partial charge >= 0.3 is 5.97 Å². The van der Waals surface area contributed by atoms with E-state index >= 15 is 0 Å². The van der Waals surface area contributed by atoms with Crippen molar-refractivity contribution in [2.45, 2.75) is 6.54 Å². The van der Waals surface area contributed by atoms with E-state index in [0.29, 0.717) is 27.2 Å². The molecule has 0 aliphatic carbocycles. The Morgan fingerprint density at radius 3 is 2.36 bits per heavy atom. The summed E-state index contributed by atoms with van der Waals surface area (Å²) in [4.78, 5) is 35.1. The summed E-state index contributed by atoms with van der Waals surface area (Å²) in [5.74, 6) is -1.19. The van der Waals surface area contributed by atoms with Gasteiger partial charge in [-0.15, -0.1) is 0 Å². The Labute approximate surface area is 211 Å². The molecule has 0 radical (unpaired) electrons. The van der Waals surface area contributed by atoms with Gasteiger partial charge in [0, 0.05) is 28.9 Å². The second-order valence-electron chi connectivity index (χ2n) is 8.10. The van der Waals surface area contributed by atoms with E-state index < -0.39 is 5.97 Å². The summed E-state index contributed by atoms with van der Waals surface area (Å²) < 4.78 is 6.43. The van der Waals surface area contributed by atoms with Gasteiger partial charge in [0.15, 0.2) is 11.4 Å². The van der Waals surface area contributed by atoms with Crippen molar-refractivity contribution in [2.24, 2.45) is 0 Å². The quantitative estimate of drug-likeness (QED) is 0.330. The zero-order valence-corrected chi connectivity index (χ0v) is 19.9. The first-order valence-corrected chi connectivity index (χ1v) is 11.4. The number of benzene rings is 2. The number of aromatic nitrogens is 3. The molecule has 0 fully saturated rings. The number of aromatic hydroxyl groups is 1. The molecular weight excluding hydrogens is 478 g/mol. The molecule has 3 heterocycles. The lowest BCUT2D eigenvalue weighted by atomic mass is 10.0. The van der Waals surface area contributed by atoms with Crippen molar-refractivity contribution in [1.82, 2.24) is 14.5 Å². The molecule has 0 unspecified atom stereocenters. The summed E-state index contributed by atoms with van der Waals surface area (Å²) >= 11 is 6.21. The fourth-order valence-corrected chi connectivity index (χ4v) is 4.34. The van der Waals surface area contributed by atoms with Crippen LogP contribution in [-0.4, -0.2) is 32.7 Å². The molecule has 5 rings (SSSR count). The molecule has 0 bridgehead atoms. The van der Waals surface area contributed by atoms with Crippen LogP contribution in [-0.2, 0) is 11.3 Å². The van der Waals surface area contributed by atoms with Crippen molar-refractivity contribution >= 4 is 28.5 Å². The number of carbonyl (C=O) groups excluding carboxylic acids is 1. The van der Waals surface area contributed by atoms with E-state index in [1.165, 1.54) is 19.5 Å². The van der Waals surface area contributed by atoms with Gasteiger partial charge in [0.1, 0.15) is 0 Å². The third-order valence-electron chi connectivity index (χ3n) is 5.84. The predicted molar refractivity (Wildman–Crippen MR) is 138 cm³/mol. The van der Waals surface area contributed by atoms with E-state index in [1.54, 1.807) is 16.7 Å². The van der Waals surface area contributed by atoms with E-state index in [1.807, 2.05) is 60.7 Å². The number of hydrogen-bond acceptors (Lipinski definition) is 6. The van der Waals surface area contributed by atoms with Gasteiger partial charge in [-0.2, -0.15) is 0 Å². The lowest BCUT2D eigenvalue weighted by molar-refractivity contribution is 0.0591. The molecule has 0 atom stereocenters. The predicted octanol–water partition coefficient (Wildman–Crippen LogP) is 5.32. The zero-order chi connectivity index (χ0) is 25.2. The molecule has 0 aliphatic heterocycles. The summed E-state index contributed by atoms with van der Waals surface area (Å²) in [6.45, 7) is 0.205. The zero-order valence-electron chi connectivity index (χ0n) is 19.2. The molecule has 178 valence electrons. The number of fused-ring (bicyclic) bond motifs is 1. The van der Waals surface area contributed by atoms with Crippen LogP contribution in [0.3, 0.4) is 0 Å². The van der Waals surface area contributed by atoms with Gasteiger partial charge in [-0.1, -0.05) is 72.3 Å². The van der Waals surface area contributed by atoms with E-state index in [-0.39, 0.29) is 34.6 Å². The first kappa shape index (κ1) is 23.3. The Bertz CT molecular complexity index is 1650. The molecule has 0 amide bonds. The second-order valence-corrected chi connectivity index (χ2v) is 8.54.